The molecule has 5 nitrogen and oxygen atoms in total. The third-order valence-corrected chi connectivity index (χ3v) is 2.61. The van der Waals surface area contributed by atoms with E-state index in [1.54, 1.807) is 0 Å². The number of esters is 1. The molecule has 0 unspecified atom stereocenters. The van der Waals surface area contributed by atoms with E-state index in [1.165, 1.54) is 19.9 Å². The van der Waals surface area contributed by atoms with Crippen LogP contribution in [-0.4, -0.2) is 17.7 Å². The standard InChI is InChI=1S/C14H13F2NO4/c1-14(2)20-11(13(19)21-14)6-12(18)17-7-8-3-4-9(15)10(16)5-8/h3-6H,7H2,1-2H3,(H,17,18)/b11-6+. The second-order valence-electron chi connectivity index (χ2n) is 4.87. The van der Waals surface area contributed by atoms with Gasteiger partial charge < -0.3 is 14.8 Å². The summed E-state index contributed by atoms with van der Waals surface area (Å²) < 4.78 is 35.7. The number of rotatable bonds is 3. The lowest BCUT2D eigenvalue weighted by atomic mass is 10.2. The zero-order chi connectivity index (χ0) is 15.6. The summed E-state index contributed by atoms with van der Waals surface area (Å²) >= 11 is 0. The van der Waals surface area contributed by atoms with E-state index in [2.05, 4.69) is 5.32 Å². The number of carbonyl (C=O) groups excluding carboxylic acids is 2. The van der Waals surface area contributed by atoms with Gasteiger partial charge in [0.1, 0.15) is 0 Å². The SMILES string of the molecule is CC1(C)OC(=O)/C(=C\C(=O)NCc2ccc(F)c(F)c2)O1. The molecule has 1 saturated heterocycles. The van der Waals surface area contributed by atoms with Crippen LogP contribution in [0.5, 0.6) is 0 Å². The van der Waals surface area contributed by atoms with Gasteiger partial charge in [-0.15, -0.1) is 0 Å². The van der Waals surface area contributed by atoms with E-state index in [4.69, 9.17) is 9.47 Å². The fourth-order valence-corrected chi connectivity index (χ4v) is 1.70. The zero-order valence-corrected chi connectivity index (χ0v) is 11.4. The second-order valence-corrected chi connectivity index (χ2v) is 4.87. The van der Waals surface area contributed by atoms with Gasteiger partial charge in [0.2, 0.25) is 17.5 Å². The summed E-state index contributed by atoms with van der Waals surface area (Å²) in [6.07, 6.45) is 0.955. The normalized spacial score (nSPS) is 18.3. The third kappa shape index (κ3) is 3.77. The highest BCUT2D eigenvalue weighted by atomic mass is 19.2. The van der Waals surface area contributed by atoms with Crippen molar-refractivity contribution in [2.24, 2.45) is 0 Å². The van der Waals surface area contributed by atoms with Crippen LogP contribution in [0.4, 0.5) is 8.78 Å². The van der Waals surface area contributed by atoms with Gasteiger partial charge in [0.25, 0.3) is 0 Å². The highest BCUT2D eigenvalue weighted by Crippen LogP contribution is 2.25. The van der Waals surface area contributed by atoms with E-state index in [0.29, 0.717) is 5.56 Å². The van der Waals surface area contributed by atoms with Gasteiger partial charge in [-0.25, -0.2) is 13.6 Å². The fourth-order valence-electron chi connectivity index (χ4n) is 1.70. The molecule has 1 fully saturated rings. The van der Waals surface area contributed by atoms with E-state index in [9.17, 15) is 18.4 Å². The van der Waals surface area contributed by atoms with Crippen molar-refractivity contribution in [3.8, 4) is 0 Å². The molecule has 0 saturated carbocycles. The van der Waals surface area contributed by atoms with Crippen LogP contribution in [-0.2, 0) is 25.6 Å². The minimum absolute atomic E-state index is 0.0156. The minimum atomic E-state index is -1.11. The maximum absolute atomic E-state index is 13.0. The summed E-state index contributed by atoms with van der Waals surface area (Å²) in [5, 5.41) is 2.43. The van der Waals surface area contributed by atoms with Crippen molar-refractivity contribution >= 4 is 11.9 Å². The Morgan fingerprint density at radius 1 is 1.29 bits per heavy atom. The van der Waals surface area contributed by atoms with E-state index in [0.717, 1.165) is 18.2 Å². The number of cyclic esters (lactones) is 1. The molecule has 2 rings (SSSR count). The topological polar surface area (TPSA) is 64.6 Å². The van der Waals surface area contributed by atoms with Gasteiger partial charge in [-0.1, -0.05) is 6.07 Å². The number of hydrogen-bond acceptors (Lipinski definition) is 4. The van der Waals surface area contributed by atoms with Crippen LogP contribution in [0, 0.1) is 11.6 Å². The molecule has 1 aliphatic heterocycles. The average Bonchev–Trinajstić information content (AvgIpc) is 2.64. The molecule has 1 aliphatic rings. The summed E-state index contributed by atoms with van der Waals surface area (Å²) in [4.78, 5) is 23.0. The van der Waals surface area contributed by atoms with Crippen LogP contribution in [0.3, 0.4) is 0 Å². The summed E-state index contributed by atoms with van der Waals surface area (Å²) in [7, 11) is 0. The summed E-state index contributed by atoms with van der Waals surface area (Å²) in [6.45, 7) is 3.05. The van der Waals surface area contributed by atoms with Crippen molar-refractivity contribution in [2.75, 3.05) is 0 Å². The van der Waals surface area contributed by atoms with Crippen LogP contribution in [0.1, 0.15) is 19.4 Å². The lowest BCUT2D eigenvalue weighted by molar-refractivity contribution is -0.159. The molecule has 112 valence electrons. The van der Waals surface area contributed by atoms with Crippen molar-refractivity contribution < 1.29 is 27.8 Å². The van der Waals surface area contributed by atoms with Crippen molar-refractivity contribution in [2.45, 2.75) is 26.2 Å². The Labute approximate surface area is 119 Å². The molecule has 0 spiro atoms. The molecular weight excluding hydrogens is 284 g/mol. The first-order chi connectivity index (χ1) is 9.77. The smallest absolute Gasteiger partial charge is 0.377 e. The van der Waals surface area contributed by atoms with E-state index < -0.39 is 29.3 Å². The Hall–Kier alpha value is -2.44. The van der Waals surface area contributed by atoms with Crippen LogP contribution in [0.25, 0.3) is 0 Å². The van der Waals surface area contributed by atoms with Gasteiger partial charge in [0, 0.05) is 20.4 Å². The number of amides is 1. The van der Waals surface area contributed by atoms with E-state index >= 15 is 0 Å². The summed E-state index contributed by atoms with van der Waals surface area (Å²) in [5.74, 6) is -4.61. The Bertz CT molecular complexity index is 625. The molecule has 0 radical (unpaired) electrons. The van der Waals surface area contributed by atoms with Crippen LogP contribution < -0.4 is 5.32 Å². The number of halogens is 2. The predicted molar refractivity (Wildman–Crippen MR) is 67.5 cm³/mol. The van der Waals surface area contributed by atoms with Crippen LogP contribution in [0.15, 0.2) is 30.0 Å². The monoisotopic (exact) mass is 297 g/mol. The predicted octanol–water partition coefficient (Wildman–Crippen LogP) is 1.77. The first kappa shape index (κ1) is 15.0. The maximum atomic E-state index is 13.0. The molecule has 1 N–H and O–H groups in total. The highest BCUT2D eigenvalue weighted by Gasteiger charge is 2.37. The molecule has 1 heterocycles. The molecule has 1 amide bonds. The molecule has 7 heteroatoms. The Kier molecular flexibility index (Phi) is 3.93. The second kappa shape index (κ2) is 5.51. The van der Waals surface area contributed by atoms with E-state index in [-0.39, 0.29) is 12.3 Å². The highest BCUT2D eigenvalue weighted by molar-refractivity contribution is 5.97. The molecule has 0 bridgehead atoms. The average molecular weight is 297 g/mol. The lowest BCUT2D eigenvalue weighted by Crippen LogP contribution is -2.22. The Morgan fingerprint density at radius 2 is 2.00 bits per heavy atom. The van der Waals surface area contributed by atoms with Gasteiger partial charge in [0.05, 0.1) is 6.08 Å². The Balaban J connectivity index is 1.96. The number of benzene rings is 1. The first-order valence-corrected chi connectivity index (χ1v) is 6.13. The van der Waals surface area contributed by atoms with Crippen molar-refractivity contribution in [3.05, 3.63) is 47.2 Å². The maximum Gasteiger partial charge on any atom is 0.377 e. The molecule has 21 heavy (non-hydrogen) atoms. The first-order valence-electron chi connectivity index (χ1n) is 6.13. The molecule has 1 aromatic carbocycles. The summed E-state index contributed by atoms with van der Waals surface area (Å²) in [5.41, 5.74) is 0.385. The molecular formula is C14H13F2NO4. The lowest BCUT2D eigenvalue weighted by Gasteiger charge is -2.13. The molecule has 0 atom stereocenters. The van der Waals surface area contributed by atoms with Crippen LogP contribution >= 0.6 is 0 Å². The number of carbonyl (C=O) groups is 2. The number of hydrogen-bond donors (Lipinski definition) is 1. The number of nitrogens with one attached hydrogen (secondary N) is 1. The molecule has 1 aromatic rings. The number of ether oxygens (including phenoxy) is 2. The van der Waals surface area contributed by atoms with Crippen LogP contribution in [0.2, 0.25) is 0 Å². The van der Waals surface area contributed by atoms with Crippen molar-refractivity contribution in [1.82, 2.24) is 5.32 Å². The third-order valence-electron chi connectivity index (χ3n) is 2.61. The van der Waals surface area contributed by atoms with Gasteiger partial charge >= 0.3 is 5.97 Å². The van der Waals surface area contributed by atoms with E-state index in [1.807, 2.05) is 0 Å². The minimum Gasteiger partial charge on any atom is -0.445 e. The van der Waals surface area contributed by atoms with Crippen molar-refractivity contribution in [3.63, 3.8) is 0 Å². The largest absolute Gasteiger partial charge is 0.445 e. The van der Waals surface area contributed by atoms with Gasteiger partial charge in [-0.05, 0) is 17.7 Å². The zero-order valence-electron chi connectivity index (χ0n) is 11.4. The van der Waals surface area contributed by atoms with Gasteiger partial charge in [0.15, 0.2) is 11.6 Å². The molecule has 0 aliphatic carbocycles. The summed E-state index contributed by atoms with van der Waals surface area (Å²) in [6, 6.07) is 3.29. The fraction of sp³-hybridized carbons (Fsp3) is 0.286. The van der Waals surface area contributed by atoms with Crippen molar-refractivity contribution in [1.29, 1.82) is 0 Å². The van der Waals surface area contributed by atoms with Gasteiger partial charge in [-0.2, -0.15) is 0 Å². The Morgan fingerprint density at radius 3 is 2.57 bits per heavy atom. The molecule has 0 aromatic heterocycles. The quantitative estimate of drug-likeness (QED) is 0.682. The van der Waals surface area contributed by atoms with Gasteiger partial charge in [-0.3, -0.25) is 4.79 Å².